The SMILES string of the molecule is CNC(=O)c1sc2nc(-c3cccc(OC)c3)c(NC(C)(C)C)n2c1C. The highest BCUT2D eigenvalue weighted by Gasteiger charge is 2.25. The number of nitrogens with zero attached hydrogens (tertiary/aromatic N) is 2. The summed E-state index contributed by atoms with van der Waals surface area (Å²) in [6, 6.07) is 7.84. The van der Waals surface area contributed by atoms with Crippen molar-refractivity contribution < 1.29 is 9.53 Å². The molecule has 0 fully saturated rings. The summed E-state index contributed by atoms with van der Waals surface area (Å²) in [5.74, 6) is 1.57. The number of benzene rings is 1. The van der Waals surface area contributed by atoms with E-state index in [-0.39, 0.29) is 11.4 Å². The van der Waals surface area contributed by atoms with E-state index in [2.05, 4.69) is 31.4 Å². The largest absolute Gasteiger partial charge is 0.497 e. The van der Waals surface area contributed by atoms with Gasteiger partial charge in [0, 0.05) is 23.8 Å². The topological polar surface area (TPSA) is 67.7 Å². The zero-order valence-corrected chi connectivity index (χ0v) is 16.7. The maximum Gasteiger partial charge on any atom is 0.263 e. The average Bonchev–Trinajstić information content (AvgIpc) is 3.10. The number of carbonyl (C=O) groups is 1. The summed E-state index contributed by atoms with van der Waals surface area (Å²) >= 11 is 1.39. The van der Waals surface area contributed by atoms with Crippen LogP contribution in [0.1, 0.15) is 36.1 Å². The van der Waals surface area contributed by atoms with Gasteiger partial charge in [-0.1, -0.05) is 23.5 Å². The van der Waals surface area contributed by atoms with Crippen LogP contribution in [0.25, 0.3) is 16.2 Å². The van der Waals surface area contributed by atoms with Crippen molar-refractivity contribution in [2.45, 2.75) is 33.2 Å². The standard InChI is InChI=1S/C19H24N4O2S/c1-11-15(17(24)20-5)26-18-21-14(12-8-7-9-13(10-12)25-6)16(23(11)18)22-19(2,3)4/h7-10,22H,1-6H3,(H,20,24). The molecule has 138 valence electrons. The number of rotatable bonds is 4. The number of anilines is 1. The Balaban J connectivity index is 2.25. The van der Waals surface area contributed by atoms with Gasteiger partial charge in [-0.25, -0.2) is 4.98 Å². The lowest BCUT2D eigenvalue weighted by atomic mass is 10.1. The van der Waals surface area contributed by atoms with E-state index in [9.17, 15) is 4.79 Å². The van der Waals surface area contributed by atoms with Crippen LogP contribution in [0.4, 0.5) is 5.82 Å². The molecule has 0 saturated heterocycles. The molecule has 1 amide bonds. The highest BCUT2D eigenvalue weighted by molar-refractivity contribution is 7.19. The Labute approximate surface area is 157 Å². The first-order valence-corrected chi connectivity index (χ1v) is 9.23. The molecule has 0 aliphatic rings. The zero-order valence-electron chi connectivity index (χ0n) is 15.9. The smallest absolute Gasteiger partial charge is 0.263 e. The zero-order chi connectivity index (χ0) is 19.1. The Morgan fingerprint density at radius 3 is 2.65 bits per heavy atom. The first-order valence-electron chi connectivity index (χ1n) is 8.41. The molecule has 0 atom stereocenters. The van der Waals surface area contributed by atoms with E-state index in [0.717, 1.165) is 33.5 Å². The molecule has 3 rings (SSSR count). The summed E-state index contributed by atoms with van der Waals surface area (Å²) in [5, 5.41) is 6.25. The van der Waals surface area contributed by atoms with Crippen molar-refractivity contribution in [2.75, 3.05) is 19.5 Å². The molecule has 7 heteroatoms. The van der Waals surface area contributed by atoms with Crippen LogP contribution in [0, 0.1) is 6.92 Å². The lowest BCUT2D eigenvalue weighted by Crippen LogP contribution is -2.27. The van der Waals surface area contributed by atoms with Crippen molar-refractivity contribution in [1.29, 1.82) is 0 Å². The number of aromatic nitrogens is 2. The number of imidazole rings is 1. The maximum absolute atomic E-state index is 12.2. The first kappa shape index (κ1) is 18.3. The fourth-order valence-corrected chi connectivity index (χ4v) is 3.89. The van der Waals surface area contributed by atoms with Gasteiger partial charge in [-0.2, -0.15) is 0 Å². The van der Waals surface area contributed by atoms with Crippen LogP contribution in [-0.4, -0.2) is 35.0 Å². The monoisotopic (exact) mass is 372 g/mol. The number of thiazole rings is 1. The molecular weight excluding hydrogens is 348 g/mol. The lowest BCUT2D eigenvalue weighted by Gasteiger charge is -2.22. The van der Waals surface area contributed by atoms with Gasteiger partial charge in [-0.05, 0) is 39.8 Å². The number of methoxy groups -OCH3 is 1. The number of ether oxygens (including phenoxy) is 1. The Morgan fingerprint density at radius 2 is 2.04 bits per heavy atom. The normalized spacial score (nSPS) is 11.6. The molecular formula is C19H24N4O2S. The van der Waals surface area contributed by atoms with Gasteiger partial charge < -0.3 is 15.4 Å². The molecule has 0 radical (unpaired) electrons. The molecule has 0 aliphatic heterocycles. The summed E-state index contributed by atoms with van der Waals surface area (Å²) in [4.78, 5) is 18.4. The molecule has 2 heterocycles. The molecule has 0 bridgehead atoms. The van der Waals surface area contributed by atoms with E-state index < -0.39 is 0 Å². The fraction of sp³-hybridized carbons (Fsp3) is 0.368. The fourth-order valence-electron chi connectivity index (χ4n) is 2.81. The van der Waals surface area contributed by atoms with E-state index in [1.165, 1.54) is 11.3 Å². The third-order valence-electron chi connectivity index (χ3n) is 3.97. The Bertz CT molecular complexity index is 966. The highest BCUT2D eigenvalue weighted by atomic mass is 32.1. The lowest BCUT2D eigenvalue weighted by molar-refractivity contribution is 0.0966. The van der Waals surface area contributed by atoms with Crippen molar-refractivity contribution in [3.05, 3.63) is 34.8 Å². The molecule has 6 nitrogen and oxygen atoms in total. The number of fused-ring (bicyclic) bond motifs is 1. The molecule has 0 unspecified atom stereocenters. The predicted octanol–water partition coefficient (Wildman–Crippen LogP) is 3.95. The second kappa shape index (κ2) is 6.64. The summed E-state index contributed by atoms with van der Waals surface area (Å²) in [5.41, 5.74) is 2.52. The van der Waals surface area contributed by atoms with Crippen LogP contribution in [0.2, 0.25) is 0 Å². The quantitative estimate of drug-likeness (QED) is 0.728. The number of amides is 1. The number of hydrogen-bond donors (Lipinski definition) is 2. The molecule has 2 aromatic heterocycles. The van der Waals surface area contributed by atoms with E-state index >= 15 is 0 Å². The second-order valence-electron chi connectivity index (χ2n) is 7.13. The maximum atomic E-state index is 12.2. The van der Waals surface area contributed by atoms with Gasteiger partial charge in [-0.15, -0.1) is 0 Å². The van der Waals surface area contributed by atoms with Crippen molar-refractivity contribution >= 4 is 28.0 Å². The van der Waals surface area contributed by atoms with Crippen LogP contribution in [0.15, 0.2) is 24.3 Å². The number of hydrogen-bond acceptors (Lipinski definition) is 5. The molecule has 26 heavy (non-hydrogen) atoms. The predicted molar refractivity (Wildman–Crippen MR) is 107 cm³/mol. The van der Waals surface area contributed by atoms with E-state index in [1.54, 1.807) is 14.2 Å². The minimum atomic E-state index is -0.162. The Hall–Kier alpha value is -2.54. The third-order valence-corrected chi connectivity index (χ3v) is 5.12. The highest BCUT2D eigenvalue weighted by Crippen LogP contribution is 2.36. The average molecular weight is 372 g/mol. The number of aryl methyl sites for hydroxylation is 1. The molecule has 3 aromatic rings. The molecule has 0 aliphatic carbocycles. The first-order chi connectivity index (χ1) is 12.2. The van der Waals surface area contributed by atoms with Gasteiger partial charge in [0.05, 0.1) is 7.11 Å². The van der Waals surface area contributed by atoms with Crippen LogP contribution in [0.3, 0.4) is 0 Å². The molecule has 0 spiro atoms. The van der Waals surface area contributed by atoms with Gasteiger partial charge in [-0.3, -0.25) is 9.20 Å². The summed E-state index contributed by atoms with van der Waals surface area (Å²) < 4.78 is 7.38. The van der Waals surface area contributed by atoms with Crippen molar-refractivity contribution in [3.8, 4) is 17.0 Å². The minimum Gasteiger partial charge on any atom is -0.497 e. The van der Waals surface area contributed by atoms with Crippen LogP contribution < -0.4 is 15.4 Å². The minimum absolute atomic E-state index is 0.0948. The summed E-state index contributed by atoms with van der Waals surface area (Å²) in [6.45, 7) is 8.24. The summed E-state index contributed by atoms with van der Waals surface area (Å²) in [6.07, 6.45) is 0. The number of carbonyl (C=O) groups excluding carboxylic acids is 1. The van der Waals surface area contributed by atoms with Crippen LogP contribution >= 0.6 is 11.3 Å². The van der Waals surface area contributed by atoms with Crippen molar-refractivity contribution in [3.63, 3.8) is 0 Å². The van der Waals surface area contributed by atoms with Gasteiger partial charge in [0.15, 0.2) is 4.96 Å². The van der Waals surface area contributed by atoms with Gasteiger partial charge >= 0.3 is 0 Å². The molecule has 0 saturated carbocycles. The van der Waals surface area contributed by atoms with E-state index in [1.807, 2.05) is 35.6 Å². The van der Waals surface area contributed by atoms with Gasteiger partial charge in [0.2, 0.25) is 0 Å². The second-order valence-corrected chi connectivity index (χ2v) is 8.11. The summed E-state index contributed by atoms with van der Waals surface area (Å²) in [7, 11) is 3.29. The van der Waals surface area contributed by atoms with Crippen molar-refractivity contribution in [2.24, 2.45) is 0 Å². The number of nitrogens with one attached hydrogen (secondary N) is 2. The Morgan fingerprint density at radius 1 is 1.31 bits per heavy atom. The van der Waals surface area contributed by atoms with Crippen LogP contribution in [0.5, 0.6) is 5.75 Å². The third kappa shape index (κ3) is 3.26. The van der Waals surface area contributed by atoms with Crippen LogP contribution in [-0.2, 0) is 0 Å². The molecule has 1 aromatic carbocycles. The Kier molecular flexibility index (Phi) is 4.66. The van der Waals surface area contributed by atoms with Gasteiger partial charge in [0.25, 0.3) is 5.91 Å². The van der Waals surface area contributed by atoms with E-state index in [4.69, 9.17) is 9.72 Å². The molecule has 2 N–H and O–H groups in total. The van der Waals surface area contributed by atoms with E-state index in [0.29, 0.717) is 4.88 Å². The van der Waals surface area contributed by atoms with Gasteiger partial charge in [0.1, 0.15) is 22.1 Å². The van der Waals surface area contributed by atoms with Crippen molar-refractivity contribution in [1.82, 2.24) is 14.7 Å².